The van der Waals surface area contributed by atoms with Gasteiger partial charge >= 0.3 is 5.63 Å². The van der Waals surface area contributed by atoms with Gasteiger partial charge in [-0.05, 0) is 64.1 Å². The van der Waals surface area contributed by atoms with Gasteiger partial charge in [-0.25, -0.2) is 4.79 Å². The van der Waals surface area contributed by atoms with Gasteiger partial charge in [-0.15, -0.1) is 0 Å². The SMILES string of the molecule is C=Cc1ccc(C2=CC(=C)C=CC=C2c2ccc3c(N)cc(=O)oc3c2)cc1C. The van der Waals surface area contributed by atoms with E-state index in [1.807, 2.05) is 42.5 Å². The van der Waals surface area contributed by atoms with Gasteiger partial charge in [0, 0.05) is 17.1 Å². The molecule has 1 heterocycles. The molecular weight excluding hydrogens is 358 g/mol. The molecule has 3 nitrogen and oxygen atoms in total. The van der Waals surface area contributed by atoms with Gasteiger partial charge in [0.1, 0.15) is 5.58 Å². The van der Waals surface area contributed by atoms with Crippen LogP contribution in [-0.4, -0.2) is 0 Å². The van der Waals surface area contributed by atoms with E-state index in [2.05, 4.69) is 44.4 Å². The molecule has 0 saturated heterocycles. The Hall–Kier alpha value is -3.85. The summed E-state index contributed by atoms with van der Waals surface area (Å²) in [6, 6.07) is 13.3. The Bertz CT molecular complexity index is 1320. The van der Waals surface area contributed by atoms with Gasteiger partial charge in [-0.1, -0.05) is 61.7 Å². The van der Waals surface area contributed by atoms with Gasteiger partial charge in [0.2, 0.25) is 0 Å². The number of allylic oxidation sites excluding steroid dienone is 7. The number of anilines is 1. The average Bonchev–Trinajstić information content (AvgIpc) is 2.88. The smallest absolute Gasteiger partial charge is 0.338 e. The first-order valence-corrected chi connectivity index (χ1v) is 9.33. The number of hydrogen-bond acceptors (Lipinski definition) is 3. The first-order chi connectivity index (χ1) is 14.0. The molecule has 4 rings (SSSR count). The van der Waals surface area contributed by atoms with E-state index in [0.717, 1.165) is 44.4 Å². The molecule has 0 fully saturated rings. The summed E-state index contributed by atoms with van der Waals surface area (Å²) in [5.41, 5.74) is 13.6. The van der Waals surface area contributed by atoms with Crippen LogP contribution in [-0.2, 0) is 0 Å². The van der Waals surface area contributed by atoms with Crippen LogP contribution in [0.15, 0.2) is 94.7 Å². The van der Waals surface area contributed by atoms with E-state index in [4.69, 9.17) is 10.2 Å². The molecule has 3 heteroatoms. The van der Waals surface area contributed by atoms with E-state index in [0.29, 0.717) is 11.3 Å². The summed E-state index contributed by atoms with van der Waals surface area (Å²) >= 11 is 0. The van der Waals surface area contributed by atoms with E-state index >= 15 is 0 Å². The highest BCUT2D eigenvalue weighted by molar-refractivity contribution is 6.08. The minimum Gasteiger partial charge on any atom is -0.423 e. The van der Waals surface area contributed by atoms with Crippen molar-refractivity contribution in [2.75, 3.05) is 5.73 Å². The van der Waals surface area contributed by atoms with Crippen LogP contribution in [0.5, 0.6) is 0 Å². The summed E-state index contributed by atoms with van der Waals surface area (Å²) in [7, 11) is 0. The fraction of sp³-hybridized carbons (Fsp3) is 0.0385. The highest BCUT2D eigenvalue weighted by atomic mass is 16.4. The quantitative estimate of drug-likeness (QED) is 0.575. The summed E-state index contributed by atoms with van der Waals surface area (Å²) < 4.78 is 5.39. The number of hydrogen-bond donors (Lipinski definition) is 1. The Morgan fingerprint density at radius 3 is 2.55 bits per heavy atom. The van der Waals surface area contributed by atoms with E-state index in [-0.39, 0.29) is 0 Å². The van der Waals surface area contributed by atoms with E-state index < -0.39 is 5.63 Å². The van der Waals surface area contributed by atoms with Crippen molar-refractivity contribution in [3.05, 3.63) is 118 Å². The van der Waals surface area contributed by atoms with Crippen LogP contribution in [0, 0.1) is 6.92 Å². The summed E-state index contributed by atoms with van der Waals surface area (Å²) in [5.74, 6) is 0. The van der Waals surface area contributed by atoms with Crippen LogP contribution in [0.4, 0.5) is 5.69 Å². The second-order valence-corrected chi connectivity index (χ2v) is 7.08. The maximum absolute atomic E-state index is 11.8. The predicted octanol–water partition coefficient (Wildman–Crippen LogP) is 5.92. The summed E-state index contributed by atoms with van der Waals surface area (Å²) in [6.07, 6.45) is 9.92. The Balaban J connectivity index is 1.90. The zero-order chi connectivity index (χ0) is 20.5. The van der Waals surface area contributed by atoms with Crippen molar-refractivity contribution in [3.8, 4) is 0 Å². The van der Waals surface area contributed by atoms with E-state index in [9.17, 15) is 4.79 Å². The number of fused-ring (bicyclic) bond motifs is 1. The van der Waals surface area contributed by atoms with Crippen molar-refractivity contribution in [1.82, 2.24) is 0 Å². The van der Waals surface area contributed by atoms with Gasteiger partial charge in [-0.3, -0.25) is 0 Å². The maximum Gasteiger partial charge on any atom is 0.338 e. The number of nitrogens with two attached hydrogens (primary N) is 1. The minimum atomic E-state index is -0.457. The molecule has 1 aromatic heterocycles. The largest absolute Gasteiger partial charge is 0.423 e. The molecule has 0 unspecified atom stereocenters. The molecule has 0 radical (unpaired) electrons. The molecule has 0 aliphatic heterocycles. The first-order valence-electron chi connectivity index (χ1n) is 9.33. The fourth-order valence-corrected chi connectivity index (χ4v) is 3.59. The summed E-state index contributed by atoms with van der Waals surface area (Å²) in [6.45, 7) is 10.1. The molecular formula is C26H21NO2. The monoisotopic (exact) mass is 379 g/mol. The molecule has 0 spiro atoms. The lowest BCUT2D eigenvalue weighted by molar-refractivity contribution is 0.561. The Kier molecular flexibility index (Phi) is 4.65. The molecule has 0 atom stereocenters. The Labute approximate surface area is 169 Å². The van der Waals surface area contributed by atoms with E-state index in [1.165, 1.54) is 6.07 Å². The third kappa shape index (κ3) is 3.50. The lowest BCUT2D eigenvalue weighted by atomic mass is 9.89. The van der Waals surface area contributed by atoms with Gasteiger partial charge in [0.25, 0.3) is 0 Å². The Morgan fingerprint density at radius 1 is 1.03 bits per heavy atom. The molecule has 0 amide bonds. The third-order valence-electron chi connectivity index (χ3n) is 5.08. The zero-order valence-corrected chi connectivity index (χ0v) is 16.2. The van der Waals surface area contributed by atoms with Gasteiger partial charge in [-0.2, -0.15) is 0 Å². The molecule has 142 valence electrons. The number of rotatable bonds is 3. The highest BCUT2D eigenvalue weighted by Gasteiger charge is 2.15. The topological polar surface area (TPSA) is 56.2 Å². The standard InChI is InChI=1S/C26H21NO2/c1-4-18-8-9-19(13-17(18)3)23-12-16(2)6-5-7-21(23)20-10-11-22-24(27)15-26(28)29-25(22)14-20/h4-15H,1-2,27H2,3H3. The second kappa shape index (κ2) is 7.28. The number of nitrogen functional groups attached to an aromatic ring is 1. The molecule has 1 aliphatic rings. The van der Waals surface area contributed by atoms with Crippen LogP contribution in [0.2, 0.25) is 0 Å². The van der Waals surface area contributed by atoms with Crippen LogP contribution in [0.25, 0.3) is 28.2 Å². The number of benzene rings is 2. The third-order valence-corrected chi connectivity index (χ3v) is 5.08. The van der Waals surface area contributed by atoms with Crippen molar-refractivity contribution >= 4 is 33.9 Å². The average molecular weight is 379 g/mol. The Morgan fingerprint density at radius 2 is 1.79 bits per heavy atom. The molecule has 0 saturated carbocycles. The van der Waals surface area contributed by atoms with Crippen molar-refractivity contribution in [1.29, 1.82) is 0 Å². The molecule has 3 aromatic rings. The van der Waals surface area contributed by atoms with Gasteiger partial charge in [0.15, 0.2) is 0 Å². The molecule has 2 aromatic carbocycles. The number of aryl methyl sites for hydroxylation is 1. The van der Waals surface area contributed by atoms with Crippen molar-refractivity contribution in [2.24, 2.45) is 0 Å². The van der Waals surface area contributed by atoms with Gasteiger partial charge in [0.05, 0.1) is 0 Å². The predicted molar refractivity (Wildman–Crippen MR) is 122 cm³/mol. The zero-order valence-electron chi connectivity index (χ0n) is 16.2. The minimum absolute atomic E-state index is 0.414. The van der Waals surface area contributed by atoms with Crippen molar-refractivity contribution in [2.45, 2.75) is 6.92 Å². The second-order valence-electron chi connectivity index (χ2n) is 7.08. The molecule has 1 aliphatic carbocycles. The fourth-order valence-electron chi connectivity index (χ4n) is 3.59. The van der Waals surface area contributed by atoms with Crippen LogP contribution in [0.1, 0.15) is 22.3 Å². The molecule has 2 N–H and O–H groups in total. The van der Waals surface area contributed by atoms with Gasteiger partial charge < -0.3 is 10.2 Å². The summed E-state index contributed by atoms with van der Waals surface area (Å²) in [5, 5.41) is 0.722. The van der Waals surface area contributed by atoms with E-state index in [1.54, 1.807) is 0 Å². The van der Waals surface area contributed by atoms with Crippen LogP contribution < -0.4 is 11.4 Å². The highest BCUT2D eigenvalue weighted by Crippen LogP contribution is 2.36. The van der Waals surface area contributed by atoms with Crippen molar-refractivity contribution < 1.29 is 4.42 Å². The first kappa shape index (κ1) is 18.5. The lowest BCUT2D eigenvalue weighted by Gasteiger charge is -2.15. The summed E-state index contributed by atoms with van der Waals surface area (Å²) in [4.78, 5) is 11.8. The molecule has 0 bridgehead atoms. The van der Waals surface area contributed by atoms with Crippen molar-refractivity contribution in [3.63, 3.8) is 0 Å². The molecule has 29 heavy (non-hydrogen) atoms. The lowest BCUT2D eigenvalue weighted by Crippen LogP contribution is -2.01. The normalized spacial score (nSPS) is 13.8. The van der Waals surface area contributed by atoms with Crippen LogP contribution in [0.3, 0.4) is 0 Å². The van der Waals surface area contributed by atoms with Crippen LogP contribution >= 0.6 is 0 Å². The maximum atomic E-state index is 11.8.